The number of aromatic nitrogens is 1. The quantitative estimate of drug-likeness (QED) is 0.794. The molecule has 0 radical (unpaired) electrons. The van der Waals surface area contributed by atoms with Crippen molar-refractivity contribution in [3.8, 4) is 5.75 Å². The zero-order valence-corrected chi connectivity index (χ0v) is 12.1. The van der Waals surface area contributed by atoms with Gasteiger partial charge < -0.3 is 14.8 Å². The van der Waals surface area contributed by atoms with Gasteiger partial charge in [0.05, 0.1) is 0 Å². The molecule has 2 aromatic rings. The fourth-order valence-corrected chi connectivity index (χ4v) is 2.97. The fourth-order valence-electron chi connectivity index (χ4n) is 2.97. The molecular formula is C16H22N2O2. The second-order valence-electron chi connectivity index (χ2n) is 5.46. The maximum atomic E-state index is 9.85. The van der Waals surface area contributed by atoms with Crippen LogP contribution in [0.3, 0.4) is 0 Å². The summed E-state index contributed by atoms with van der Waals surface area (Å²) in [6.07, 6.45) is 4.41. The standard InChI is InChI=1S/C16H22N2O2/c1-3-7-18(8-4-2)16-15(20-16)13-9-11(19)10-14-12(13)5-6-17-14/h5-6,9-10,15-17,19H,3-4,7-8H2,1-2H3. The SMILES string of the molecule is CCCN(CCC)C1OC1c1cc(O)cc2[nH]ccc12. The molecule has 0 spiro atoms. The van der Waals surface area contributed by atoms with Crippen LogP contribution in [-0.2, 0) is 4.74 Å². The first-order valence-corrected chi connectivity index (χ1v) is 7.44. The predicted octanol–water partition coefficient (Wildman–Crippen LogP) is 3.39. The highest BCUT2D eigenvalue weighted by atomic mass is 16.6. The summed E-state index contributed by atoms with van der Waals surface area (Å²) in [5, 5.41) is 11.0. The summed E-state index contributed by atoms with van der Waals surface area (Å²) in [6.45, 7) is 6.51. The summed E-state index contributed by atoms with van der Waals surface area (Å²) in [7, 11) is 0. The van der Waals surface area contributed by atoms with Crippen molar-refractivity contribution in [3.63, 3.8) is 0 Å². The molecule has 0 saturated carbocycles. The number of hydrogen-bond acceptors (Lipinski definition) is 3. The Balaban J connectivity index is 1.84. The van der Waals surface area contributed by atoms with Crippen molar-refractivity contribution in [2.45, 2.75) is 39.0 Å². The van der Waals surface area contributed by atoms with Crippen LogP contribution in [0, 0.1) is 0 Å². The van der Waals surface area contributed by atoms with Gasteiger partial charge in [0.1, 0.15) is 18.1 Å². The number of rotatable bonds is 6. The normalized spacial score (nSPS) is 21.8. The molecule has 1 fully saturated rings. The van der Waals surface area contributed by atoms with Gasteiger partial charge in [-0.25, -0.2) is 0 Å². The van der Waals surface area contributed by atoms with Crippen LogP contribution >= 0.6 is 0 Å². The molecule has 4 heteroatoms. The van der Waals surface area contributed by atoms with Crippen molar-refractivity contribution in [1.29, 1.82) is 0 Å². The molecule has 2 heterocycles. The molecule has 2 atom stereocenters. The number of nitrogens with zero attached hydrogens (tertiary/aromatic N) is 1. The minimum atomic E-state index is 0.0819. The average molecular weight is 274 g/mol. The van der Waals surface area contributed by atoms with Gasteiger partial charge in [-0.2, -0.15) is 0 Å². The Bertz CT molecular complexity index is 587. The number of fused-ring (bicyclic) bond motifs is 1. The Morgan fingerprint density at radius 2 is 2.00 bits per heavy atom. The van der Waals surface area contributed by atoms with Gasteiger partial charge in [-0.3, -0.25) is 4.90 Å². The lowest BCUT2D eigenvalue weighted by atomic mass is 10.1. The number of hydrogen-bond donors (Lipinski definition) is 2. The van der Waals surface area contributed by atoms with Crippen molar-refractivity contribution in [2.75, 3.05) is 13.1 Å². The Hall–Kier alpha value is -1.52. The van der Waals surface area contributed by atoms with Gasteiger partial charge in [0, 0.05) is 36.3 Å². The lowest BCUT2D eigenvalue weighted by Gasteiger charge is -2.18. The molecule has 4 nitrogen and oxygen atoms in total. The van der Waals surface area contributed by atoms with Crippen molar-refractivity contribution in [1.82, 2.24) is 9.88 Å². The molecule has 20 heavy (non-hydrogen) atoms. The van der Waals surface area contributed by atoms with Gasteiger partial charge in [0.15, 0.2) is 0 Å². The molecule has 1 aromatic heterocycles. The number of aromatic amines is 1. The first-order valence-electron chi connectivity index (χ1n) is 7.44. The van der Waals surface area contributed by atoms with Crippen LogP contribution in [0.2, 0.25) is 0 Å². The summed E-state index contributed by atoms with van der Waals surface area (Å²) in [5.74, 6) is 0.293. The maximum absolute atomic E-state index is 9.85. The van der Waals surface area contributed by atoms with Crippen molar-refractivity contribution in [3.05, 3.63) is 30.0 Å². The lowest BCUT2D eigenvalue weighted by molar-refractivity contribution is 0.175. The maximum Gasteiger partial charge on any atom is 0.142 e. The van der Waals surface area contributed by atoms with Gasteiger partial charge in [-0.15, -0.1) is 0 Å². The molecule has 108 valence electrons. The van der Waals surface area contributed by atoms with Crippen LogP contribution in [-0.4, -0.2) is 34.3 Å². The van der Waals surface area contributed by atoms with Crippen LogP contribution in [0.5, 0.6) is 5.75 Å². The van der Waals surface area contributed by atoms with E-state index < -0.39 is 0 Å². The van der Waals surface area contributed by atoms with E-state index in [0.717, 1.165) is 42.4 Å². The highest BCUT2D eigenvalue weighted by Gasteiger charge is 2.45. The number of epoxide rings is 1. The summed E-state index contributed by atoms with van der Waals surface area (Å²) >= 11 is 0. The molecule has 1 saturated heterocycles. The number of phenolic OH excluding ortho intramolecular Hbond substituents is 1. The summed E-state index contributed by atoms with van der Waals surface area (Å²) in [4.78, 5) is 5.54. The Morgan fingerprint density at radius 3 is 2.70 bits per heavy atom. The number of H-pyrrole nitrogens is 1. The second kappa shape index (κ2) is 5.46. The van der Waals surface area contributed by atoms with Crippen LogP contribution in [0.15, 0.2) is 24.4 Å². The highest BCUT2D eigenvalue weighted by Crippen LogP contribution is 2.44. The van der Waals surface area contributed by atoms with Crippen LogP contribution in [0.4, 0.5) is 0 Å². The van der Waals surface area contributed by atoms with Crippen molar-refractivity contribution in [2.24, 2.45) is 0 Å². The first kappa shape index (κ1) is 13.5. The zero-order valence-electron chi connectivity index (χ0n) is 12.1. The summed E-state index contributed by atoms with van der Waals surface area (Å²) in [5.41, 5.74) is 2.05. The summed E-state index contributed by atoms with van der Waals surface area (Å²) < 4.78 is 5.90. The predicted molar refractivity (Wildman–Crippen MR) is 79.7 cm³/mol. The van der Waals surface area contributed by atoms with E-state index in [1.807, 2.05) is 18.3 Å². The van der Waals surface area contributed by atoms with E-state index in [0.29, 0.717) is 5.75 Å². The third kappa shape index (κ3) is 2.41. The molecule has 1 aliphatic heterocycles. The molecule has 1 aliphatic rings. The first-order chi connectivity index (χ1) is 9.74. The van der Waals surface area contributed by atoms with Gasteiger partial charge in [0.2, 0.25) is 0 Å². The number of phenols is 1. The topological polar surface area (TPSA) is 51.8 Å². The largest absolute Gasteiger partial charge is 0.508 e. The van der Waals surface area contributed by atoms with E-state index in [1.165, 1.54) is 0 Å². The van der Waals surface area contributed by atoms with Gasteiger partial charge in [0.25, 0.3) is 0 Å². The van der Waals surface area contributed by atoms with Gasteiger partial charge in [-0.1, -0.05) is 13.8 Å². The summed E-state index contributed by atoms with van der Waals surface area (Å²) in [6, 6.07) is 5.63. The monoisotopic (exact) mass is 274 g/mol. The average Bonchev–Trinajstić information content (AvgIpc) is 3.08. The zero-order chi connectivity index (χ0) is 14.1. The van der Waals surface area contributed by atoms with Crippen molar-refractivity contribution < 1.29 is 9.84 Å². The smallest absolute Gasteiger partial charge is 0.142 e. The van der Waals surface area contributed by atoms with Crippen LogP contribution < -0.4 is 0 Å². The number of ether oxygens (including phenoxy) is 1. The lowest BCUT2D eigenvalue weighted by Crippen LogP contribution is -2.29. The Morgan fingerprint density at radius 1 is 1.25 bits per heavy atom. The van der Waals surface area contributed by atoms with E-state index in [2.05, 4.69) is 23.7 Å². The third-order valence-corrected chi connectivity index (χ3v) is 3.84. The van der Waals surface area contributed by atoms with E-state index in [1.54, 1.807) is 6.07 Å². The molecule has 2 N–H and O–H groups in total. The minimum absolute atomic E-state index is 0.0819. The molecule has 0 bridgehead atoms. The number of nitrogens with one attached hydrogen (secondary N) is 1. The van der Waals surface area contributed by atoms with Crippen LogP contribution in [0.1, 0.15) is 38.4 Å². The molecule has 2 unspecified atom stereocenters. The molecule has 1 aromatic carbocycles. The van der Waals surface area contributed by atoms with E-state index in [4.69, 9.17) is 4.74 Å². The van der Waals surface area contributed by atoms with E-state index in [-0.39, 0.29) is 12.3 Å². The van der Waals surface area contributed by atoms with Gasteiger partial charge >= 0.3 is 0 Å². The third-order valence-electron chi connectivity index (χ3n) is 3.84. The second-order valence-corrected chi connectivity index (χ2v) is 5.46. The number of benzene rings is 1. The molecule has 3 rings (SSSR count). The fraction of sp³-hybridized carbons (Fsp3) is 0.500. The van der Waals surface area contributed by atoms with Crippen LogP contribution in [0.25, 0.3) is 10.9 Å². The minimum Gasteiger partial charge on any atom is -0.508 e. The van der Waals surface area contributed by atoms with Gasteiger partial charge in [-0.05, 0) is 30.5 Å². The van der Waals surface area contributed by atoms with E-state index in [9.17, 15) is 5.11 Å². The molecule has 0 amide bonds. The molecular weight excluding hydrogens is 252 g/mol. The Kier molecular flexibility index (Phi) is 3.68. The highest BCUT2D eigenvalue weighted by molar-refractivity contribution is 5.85. The molecule has 0 aliphatic carbocycles. The number of aromatic hydroxyl groups is 1. The van der Waals surface area contributed by atoms with E-state index >= 15 is 0 Å². The Labute approximate surface area is 119 Å². The van der Waals surface area contributed by atoms with Crippen molar-refractivity contribution >= 4 is 10.9 Å².